The predicted octanol–water partition coefficient (Wildman–Crippen LogP) is 6.09. The molecule has 2 aromatic rings. The van der Waals surface area contributed by atoms with Crippen molar-refractivity contribution in [2.45, 2.75) is 63.6 Å². The van der Waals surface area contributed by atoms with Crippen LogP contribution in [0, 0.1) is 11.3 Å². The van der Waals surface area contributed by atoms with E-state index in [1.807, 2.05) is 0 Å². The highest BCUT2D eigenvalue weighted by Crippen LogP contribution is 2.32. The third-order valence-electron chi connectivity index (χ3n) is 7.52. The Bertz CT molecular complexity index is 1060. The fraction of sp³-hybridized carbons (Fsp3) is 0.517. The number of carbonyl (C=O) groups excluding carboxylic acids is 1. The summed E-state index contributed by atoms with van der Waals surface area (Å²) in [5.41, 5.74) is 1.50. The summed E-state index contributed by atoms with van der Waals surface area (Å²) in [7, 11) is 0. The lowest BCUT2D eigenvalue weighted by Gasteiger charge is -2.40. The highest BCUT2D eigenvalue weighted by Gasteiger charge is 2.30. The van der Waals surface area contributed by atoms with Gasteiger partial charge >= 0.3 is 6.18 Å². The summed E-state index contributed by atoms with van der Waals surface area (Å²) in [6.45, 7) is 5.64. The van der Waals surface area contributed by atoms with Crippen molar-refractivity contribution in [1.29, 1.82) is 5.26 Å². The van der Waals surface area contributed by atoms with Crippen molar-refractivity contribution in [3.05, 3.63) is 59.2 Å². The second-order valence-corrected chi connectivity index (χ2v) is 10.1. The minimum Gasteiger partial charge on any atom is -0.303 e. The van der Waals surface area contributed by atoms with Crippen LogP contribution in [0.1, 0.15) is 61.6 Å². The van der Waals surface area contributed by atoms with Gasteiger partial charge in [0.25, 0.3) is 0 Å². The van der Waals surface area contributed by atoms with E-state index in [0.29, 0.717) is 23.1 Å². The summed E-state index contributed by atoms with van der Waals surface area (Å²) < 4.78 is 38.5. The quantitative estimate of drug-likeness (QED) is 0.443. The van der Waals surface area contributed by atoms with Crippen LogP contribution in [0.2, 0.25) is 0 Å². The summed E-state index contributed by atoms with van der Waals surface area (Å²) in [5, 5.41) is 9.59. The van der Waals surface area contributed by atoms with Gasteiger partial charge in [0.15, 0.2) is 0 Å². The minimum absolute atomic E-state index is 0.143. The molecule has 0 N–H and O–H groups in total. The van der Waals surface area contributed by atoms with Crippen molar-refractivity contribution in [1.82, 2.24) is 9.80 Å². The summed E-state index contributed by atoms with van der Waals surface area (Å²) in [5.74, 6) is 0.143. The molecule has 7 heteroatoms. The van der Waals surface area contributed by atoms with E-state index in [2.05, 4.69) is 15.9 Å². The molecule has 4 rings (SSSR count). The molecule has 192 valence electrons. The Morgan fingerprint density at radius 3 is 2.31 bits per heavy atom. The number of piperidine rings is 2. The maximum atomic E-state index is 12.8. The van der Waals surface area contributed by atoms with Crippen LogP contribution in [0.15, 0.2) is 42.5 Å². The van der Waals surface area contributed by atoms with Gasteiger partial charge in [-0.1, -0.05) is 30.7 Å². The van der Waals surface area contributed by atoms with Crippen molar-refractivity contribution in [2.75, 3.05) is 32.7 Å². The van der Waals surface area contributed by atoms with Gasteiger partial charge in [-0.05, 0) is 99.7 Å². The Balaban J connectivity index is 1.24. The van der Waals surface area contributed by atoms with E-state index in [1.54, 1.807) is 18.2 Å². The molecular weight excluding hydrogens is 463 g/mol. The van der Waals surface area contributed by atoms with Gasteiger partial charge in [-0.15, -0.1) is 0 Å². The second kappa shape index (κ2) is 12.0. The average Bonchev–Trinajstić information content (AvgIpc) is 2.89. The first kappa shape index (κ1) is 26.4. The van der Waals surface area contributed by atoms with Crippen LogP contribution in [0.4, 0.5) is 13.2 Å². The second-order valence-electron chi connectivity index (χ2n) is 10.1. The number of hydrogen-bond acceptors (Lipinski definition) is 4. The molecule has 0 atom stereocenters. The highest BCUT2D eigenvalue weighted by atomic mass is 19.4. The number of nitrogens with zero attached hydrogens (tertiary/aromatic N) is 3. The summed E-state index contributed by atoms with van der Waals surface area (Å²) in [4.78, 5) is 17.7. The first-order valence-corrected chi connectivity index (χ1v) is 13.0. The summed E-state index contributed by atoms with van der Waals surface area (Å²) in [6, 6.07) is 12.8. The number of halogens is 3. The van der Waals surface area contributed by atoms with E-state index in [0.717, 1.165) is 49.8 Å². The Labute approximate surface area is 211 Å². The van der Waals surface area contributed by atoms with Crippen molar-refractivity contribution >= 4 is 5.78 Å². The van der Waals surface area contributed by atoms with E-state index < -0.39 is 11.7 Å². The smallest absolute Gasteiger partial charge is 0.303 e. The van der Waals surface area contributed by atoms with Gasteiger partial charge in [0.05, 0.1) is 17.2 Å². The van der Waals surface area contributed by atoms with Crippen molar-refractivity contribution in [3.63, 3.8) is 0 Å². The van der Waals surface area contributed by atoms with E-state index >= 15 is 0 Å². The monoisotopic (exact) mass is 497 g/mol. The molecule has 0 saturated carbocycles. The van der Waals surface area contributed by atoms with E-state index in [-0.39, 0.29) is 12.2 Å². The zero-order chi connectivity index (χ0) is 25.5. The average molecular weight is 498 g/mol. The van der Waals surface area contributed by atoms with Gasteiger partial charge in [-0.3, -0.25) is 4.79 Å². The molecule has 0 unspecified atom stereocenters. The summed E-state index contributed by atoms with van der Waals surface area (Å²) in [6.07, 6.45) is 3.67. The van der Waals surface area contributed by atoms with Crippen LogP contribution < -0.4 is 0 Å². The molecule has 4 nitrogen and oxygen atoms in total. The molecule has 0 radical (unpaired) electrons. The van der Waals surface area contributed by atoms with Gasteiger partial charge in [-0.25, -0.2) is 0 Å². The van der Waals surface area contributed by atoms with Crippen LogP contribution in [-0.2, 0) is 17.4 Å². The number of benzene rings is 2. The van der Waals surface area contributed by atoms with Crippen molar-refractivity contribution in [2.24, 2.45) is 0 Å². The molecule has 0 bridgehead atoms. The van der Waals surface area contributed by atoms with E-state index in [4.69, 9.17) is 0 Å². The topological polar surface area (TPSA) is 47.3 Å². The first-order valence-electron chi connectivity index (χ1n) is 13.0. The van der Waals surface area contributed by atoms with Crippen LogP contribution >= 0.6 is 0 Å². The van der Waals surface area contributed by atoms with Crippen LogP contribution in [-0.4, -0.2) is 54.3 Å². The van der Waals surface area contributed by atoms with Gasteiger partial charge in [-0.2, -0.15) is 18.4 Å². The molecule has 2 aliphatic heterocycles. The molecule has 2 fully saturated rings. The molecule has 2 heterocycles. The number of likely N-dealkylation sites (tertiary alicyclic amines) is 2. The number of ketones is 1. The maximum Gasteiger partial charge on any atom is 0.416 e. The molecule has 2 aromatic carbocycles. The lowest BCUT2D eigenvalue weighted by Crippen LogP contribution is -2.46. The van der Waals surface area contributed by atoms with Gasteiger partial charge < -0.3 is 9.80 Å². The number of rotatable bonds is 8. The molecule has 0 spiro atoms. The van der Waals surface area contributed by atoms with Crippen LogP contribution in [0.3, 0.4) is 0 Å². The SMILES string of the molecule is N#Cc1cc(CC(=O)CCCN2CCC(N3CCCCC3)CC2)ccc1-c1ccc(C(F)(F)F)cc1. The Morgan fingerprint density at radius 1 is 0.972 bits per heavy atom. The van der Waals surface area contributed by atoms with Crippen LogP contribution in [0.5, 0.6) is 0 Å². The third-order valence-corrected chi connectivity index (χ3v) is 7.52. The third kappa shape index (κ3) is 6.96. The Hall–Kier alpha value is -2.69. The number of alkyl halides is 3. The fourth-order valence-electron chi connectivity index (χ4n) is 5.49. The summed E-state index contributed by atoms with van der Waals surface area (Å²) >= 11 is 0. The Morgan fingerprint density at radius 2 is 1.67 bits per heavy atom. The zero-order valence-corrected chi connectivity index (χ0v) is 20.7. The molecule has 36 heavy (non-hydrogen) atoms. The maximum absolute atomic E-state index is 12.8. The van der Waals surface area contributed by atoms with Crippen molar-refractivity contribution in [3.8, 4) is 17.2 Å². The molecule has 2 aliphatic rings. The number of carbonyl (C=O) groups is 1. The lowest BCUT2D eigenvalue weighted by atomic mass is 9.95. The minimum atomic E-state index is -4.40. The van der Waals surface area contributed by atoms with E-state index in [1.165, 1.54) is 57.3 Å². The standard InChI is InChI=1S/C29H34F3N3O/c30-29(31,32)25-9-7-23(8-10-25)28-11-6-22(19-24(28)21-33)20-27(36)5-4-14-34-17-12-26(13-18-34)35-15-2-1-3-16-35/h6-11,19,26H,1-5,12-18,20H2. The highest BCUT2D eigenvalue weighted by molar-refractivity contribution is 5.81. The number of Topliss-reactive ketones (excluding diaryl/α,β-unsaturated/α-hetero) is 1. The molecule has 0 aliphatic carbocycles. The lowest BCUT2D eigenvalue weighted by molar-refractivity contribution is -0.137. The van der Waals surface area contributed by atoms with Gasteiger partial charge in [0.2, 0.25) is 0 Å². The largest absolute Gasteiger partial charge is 0.416 e. The van der Waals surface area contributed by atoms with Crippen molar-refractivity contribution < 1.29 is 18.0 Å². The van der Waals surface area contributed by atoms with E-state index in [9.17, 15) is 23.2 Å². The zero-order valence-electron chi connectivity index (χ0n) is 20.7. The first-order chi connectivity index (χ1) is 17.3. The molecule has 2 saturated heterocycles. The molecule has 0 amide bonds. The van der Waals surface area contributed by atoms with Crippen LogP contribution in [0.25, 0.3) is 11.1 Å². The van der Waals surface area contributed by atoms with Gasteiger partial charge in [0, 0.05) is 18.9 Å². The number of hydrogen-bond donors (Lipinski definition) is 0. The normalized spacial score (nSPS) is 18.2. The Kier molecular flexibility index (Phi) is 8.81. The van der Waals surface area contributed by atoms with Gasteiger partial charge in [0.1, 0.15) is 5.78 Å². The predicted molar refractivity (Wildman–Crippen MR) is 134 cm³/mol. The fourth-order valence-corrected chi connectivity index (χ4v) is 5.49. The number of nitriles is 1. The molecular formula is C29H34F3N3O. The molecule has 0 aromatic heterocycles.